The van der Waals surface area contributed by atoms with E-state index in [0.717, 1.165) is 12.6 Å². The van der Waals surface area contributed by atoms with Gasteiger partial charge in [-0.05, 0) is 32.2 Å². The number of nitrogens with zero attached hydrogens (tertiary/aromatic N) is 1. The highest BCUT2D eigenvalue weighted by Gasteiger charge is 2.20. The standard InChI is InChI=1S/C9H19NO/c1-8(7-11)6-10-5-3-4-9(10)2/h8-9,11H,3-7H2,1-2H3/t8-,9-/m1/s1. The molecule has 1 saturated heterocycles. The lowest BCUT2D eigenvalue weighted by atomic mass is 10.1. The first-order chi connectivity index (χ1) is 5.24. The largest absolute Gasteiger partial charge is 0.396 e. The van der Waals surface area contributed by atoms with Crippen LogP contribution in [0.25, 0.3) is 0 Å². The zero-order chi connectivity index (χ0) is 8.27. The van der Waals surface area contributed by atoms with Gasteiger partial charge in [-0.25, -0.2) is 0 Å². The third kappa shape index (κ3) is 2.46. The highest BCUT2D eigenvalue weighted by molar-refractivity contribution is 4.76. The fourth-order valence-corrected chi connectivity index (χ4v) is 1.72. The topological polar surface area (TPSA) is 23.5 Å². The third-order valence-electron chi connectivity index (χ3n) is 2.55. The van der Waals surface area contributed by atoms with E-state index >= 15 is 0 Å². The Bertz CT molecular complexity index is 116. The van der Waals surface area contributed by atoms with E-state index in [1.807, 2.05) is 0 Å². The van der Waals surface area contributed by atoms with E-state index in [-0.39, 0.29) is 0 Å². The summed E-state index contributed by atoms with van der Waals surface area (Å²) in [5.41, 5.74) is 0. The summed E-state index contributed by atoms with van der Waals surface area (Å²) in [5, 5.41) is 8.85. The average Bonchev–Trinajstić information content (AvgIpc) is 2.37. The van der Waals surface area contributed by atoms with E-state index in [1.165, 1.54) is 19.4 Å². The molecule has 2 atom stereocenters. The normalized spacial score (nSPS) is 29.2. The molecule has 1 aliphatic rings. The zero-order valence-corrected chi connectivity index (χ0v) is 7.58. The summed E-state index contributed by atoms with van der Waals surface area (Å²) in [4.78, 5) is 2.47. The van der Waals surface area contributed by atoms with Crippen LogP contribution in [0, 0.1) is 5.92 Å². The van der Waals surface area contributed by atoms with Gasteiger partial charge in [-0.1, -0.05) is 6.92 Å². The number of aliphatic hydroxyl groups excluding tert-OH is 1. The van der Waals surface area contributed by atoms with Gasteiger partial charge in [0.05, 0.1) is 0 Å². The summed E-state index contributed by atoms with van der Waals surface area (Å²) >= 11 is 0. The molecule has 1 fully saturated rings. The van der Waals surface area contributed by atoms with Crippen LogP contribution in [0.3, 0.4) is 0 Å². The summed E-state index contributed by atoms with van der Waals surface area (Å²) in [6.45, 7) is 6.99. The molecule has 66 valence electrons. The van der Waals surface area contributed by atoms with Crippen molar-refractivity contribution in [3.63, 3.8) is 0 Å². The van der Waals surface area contributed by atoms with E-state index in [0.29, 0.717) is 12.5 Å². The fourth-order valence-electron chi connectivity index (χ4n) is 1.72. The monoisotopic (exact) mass is 157 g/mol. The van der Waals surface area contributed by atoms with Gasteiger partial charge in [0.25, 0.3) is 0 Å². The summed E-state index contributed by atoms with van der Waals surface area (Å²) in [5.74, 6) is 0.440. The summed E-state index contributed by atoms with van der Waals surface area (Å²) in [6, 6.07) is 0.740. The molecule has 2 heteroatoms. The van der Waals surface area contributed by atoms with Crippen LogP contribution in [0.4, 0.5) is 0 Å². The molecule has 1 N–H and O–H groups in total. The minimum absolute atomic E-state index is 0.323. The molecule has 0 unspecified atom stereocenters. The van der Waals surface area contributed by atoms with E-state index in [4.69, 9.17) is 5.11 Å². The van der Waals surface area contributed by atoms with E-state index in [9.17, 15) is 0 Å². The maximum Gasteiger partial charge on any atom is 0.0468 e. The lowest BCUT2D eigenvalue weighted by Crippen LogP contribution is -2.32. The van der Waals surface area contributed by atoms with E-state index in [2.05, 4.69) is 18.7 Å². The fraction of sp³-hybridized carbons (Fsp3) is 1.00. The van der Waals surface area contributed by atoms with Crippen LogP contribution in [0.5, 0.6) is 0 Å². The maximum atomic E-state index is 8.85. The van der Waals surface area contributed by atoms with Crippen molar-refractivity contribution in [2.24, 2.45) is 5.92 Å². The average molecular weight is 157 g/mol. The second-order valence-electron chi connectivity index (χ2n) is 3.77. The van der Waals surface area contributed by atoms with E-state index < -0.39 is 0 Å². The maximum absolute atomic E-state index is 8.85. The van der Waals surface area contributed by atoms with Crippen LogP contribution in [0.2, 0.25) is 0 Å². The van der Waals surface area contributed by atoms with Crippen LogP contribution in [0.15, 0.2) is 0 Å². The summed E-state index contributed by atoms with van der Waals surface area (Å²) in [6.07, 6.45) is 2.66. The number of hydrogen-bond acceptors (Lipinski definition) is 2. The molecule has 0 saturated carbocycles. The Morgan fingerprint density at radius 3 is 2.82 bits per heavy atom. The molecule has 0 aromatic carbocycles. The molecule has 0 aromatic rings. The zero-order valence-electron chi connectivity index (χ0n) is 7.58. The molecule has 1 heterocycles. The van der Waals surface area contributed by atoms with E-state index in [1.54, 1.807) is 0 Å². The Balaban J connectivity index is 2.24. The highest BCUT2D eigenvalue weighted by Crippen LogP contribution is 2.17. The lowest BCUT2D eigenvalue weighted by molar-refractivity contribution is 0.170. The molecular weight excluding hydrogens is 138 g/mol. The van der Waals surface area contributed by atoms with Crippen LogP contribution in [0.1, 0.15) is 26.7 Å². The van der Waals surface area contributed by atoms with Crippen LogP contribution in [-0.4, -0.2) is 35.7 Å². The van der Waals surface area contributed by atoms with Crippen molar-refractivity contribution in [1.29, 1.82) is 0 Å². The van der Waals surface area contributed by atoms with Crippen LogP contribution >= 0.6 is 0 Å². The van der Waals surface area contributed by atoms with Gasteiger partial charge in [0, 0.05) is 19.2 Å². The van der Waals surface area contributed by atoms with Crippen molar-refractivity contribution in [2.75, 3.05) is 19.7 Å². The Morgan fingerprint density at radius 2 is 2.36 bits per heavy atom. The lowest BCUT2D eigenvalue weighted by Gasteiger charge is -2.23. The van der Waals surface area contributed by atoms with Gasteiger partial charge >= 0.3 is 0 Å². The van der Waals surface area contributed by atoms with Crippen molar-refractivity contribution >= 4 is 0 Å². The van der Waals surface area contributed by atoms with Gasteiger partial charge < -0.3 is 10.0 Å². The van der Waals surface area contributed by atoms with Gasteiger partial charge in [-0.2, -0.15) is 0 Å². The molecule has 0 bridgehead atoms. The van der Waals surface area contributed by atoms with Gasteiger partial charge in [0.2, 0.25) is 0 Å². The summed E-state index contributed by atoms with van der Waals surface area (Å²) < 4.78 is 0. The number of likely N-dealkylation sites (tertiary alicyclic amines) is 1. The molecule has 1 rings (SSSR count). The van der Waals surface area contributed by atoms with Crippen molar-refractivity contribution in [3.8, 4) is 0 Å². The van der Waals surface area contributed by atoms with Crippen molar-refractivity contribution in [3.05, 3.63) is 0 Å². The molecule has 0 radical (unpaired) electrons. The second-order valence-corrected chi connectivity index (χ2v) is 3.77. The first-order valence-corrected chi connectivity index (χ1v) is 4.59. The van der Waals surface area contributed by atoms with Gasteiger partial charge in [0.15, 0.2) is 0 Å². The molecule has 0 aliphatic carbocycles. The first kappa shape index (κ1) is 9.01. The minimum atomic E-state index is 0.323. The highest BCUT2D eigenvalue weighted by atomic mass is 16.3. The second kappa shape index (κ2) is 4.07. The van der Waals surface area contributed by atoms with Crippen LogP contribution < -0.4 is 0 Å². The molecule has 0 spiro atoms. The molecule has 0 aromatic heterocycles. The van der Waals surface area contributed by atoms with Crippen LogP contribution in [-0.2, 0) is 0 Å². The molecule has 0 amide bonds. The molecule has 2 nitrogen and oxygen atoms in total. The Hall–Kier alpha value is -0.0800. The quantitative estimate of drug-likeness (QED) is 0.663. The van der Waals surface area contributed by atoms with Crippen molar-refractivity contribution in [2.45, 2.75) is 32.7 Å². The Labute approximate surface area is 69.2 Å². The predicted octanol–water partition coefficient (Wildman–Crippen LogP) is 1.10. The Kier molecular flexibility index (Phi) is 3.34. The molecule has 11 heavy (non-hydrogen) atoms. The number of hydrogen-bond donors (Lipinski definition) is 1. The Morgan fingerprint density at radius 1 is 1.64 bits per heavy atom. The smallest absolute Gasteiger partial charge is 0.0468 e. The molecular formula is C9H19NO. The predicted molar refractivity (Wildman–Crippen MR) is 46.5 cm³/mol. The SMILES string of the molecule is C[C@@H](CO)CN1CCC[C@H]1C. The number of aliphatic hydroxyl groups is 1. The van der Waals surface area contributed by atoms with Gasteiger partial charge in [-0.15, -0.1) is 0 Å². The first-order valence-electron chi connectivity index (χ1n) is 4.59. The van der Waals surface area contributed by atoms with Gasteiger partial charge in [0.1, 0.15) is 0 Å². The summed E-state index contributed by atoms with van der Waals surface area (Å²) in [7, 11) is 0. The van der Waals surface area contributed by atoms with Gasteiger partial charge in [-0.3, -0.25) is 0 Å². The van der Waals surface area contributed by atoms with Crippen molar-refractivity contribution < 1.29 is 5.11 Å². The number of rotatable bonds is 3. The third-order valence-corrected chi connectivity index (χ3v) is 2.55. The minimum Gasteiger partial charge on any atom is -0.396 e. The van der Waals surface area contributed by atoms with Crippen molar-refractivity contribution in [1.82, 2.24) is 4.90 Å². The molecule has 1 aliphatic heterocycles.